The molecule has 0 saturated carbocycles. The number of hydrogen-bond donors (Lipinski definition) is 2. The summed E-state index contributed by atoms with van der Waals surface area (Å²) in [5, 5.41) is 8.38. The summed E-state index contributed by atoms with van der Waals surface area (Å²) >= 11 is 0. The molecule has 0 aliphatic carbocycles. The van der Waals surface area contributed by atoms with Crippen LogP contribution in [0.4, 0.5) is 11.5 Å². The molecule has 1 fully saturated rings. The number of nitrogens with zero attached hydrogens (tertiary/aromatic N) is 2. The molecular formula is C17H22N4O2S. The third-order valence-corrected chi connectivity index (χ3v) is 5.15. The van der Waals surface area contributed by atoms with E-state index < -0.39 is 10.0 Å². The van der Waals surface area contributed by atoms with Crippen molar-refractivity contribution >= 4 is 21.5 Å². The van der Waals surface area contributed by atoms with Crippen LogP contribution < -0.4 is 15.4 Å². The highest BCUT2D eigenvalue weighted by molar-refractivity contribution is 7.89. The van der Waals surface area contributed by atoms with E-state index in [4.69, 9.17) is 5.14 Å². The molecule has 3 N–H and O–H groups in total. The molecule has 6 nitrogen and oxygen atoms in total. The molecule has 1 aromatic heterocycles. The van der Waals surface area contributed by atoms with Crippen LogP contribution in [0.15, 0.2) is 47.5 Å². The highest BCUT2D eigenvalue weighted by atomic mass is 32.2. The topological polar surface area (TPSA) is 88.3 Å². The first-order valence-corrected chi connectivity index (χ1v) is 9.65. The fraction of sp³-hybridized carbons (Fsp3) is 0.353. The maximum Gasteiger partial charge on any atom is 0.241 e. The van der Waals surface area contributed by atoms with Crippen LogP contribution >= 0.6 is 0 Å². The van der Waals surface area contributed by atoms with E-state index in [1.165, 1.54) is 31.0 Å². The van der Waals surface area contributed by atoms with Gasteiger partial charge in [0, 0.05) is 31.5 Å². The number of rotatable bonds is 5. The Morgan fingerprint density at radius 1 is 1.08 bits per heavy atom. The number of sulfonamides is 1. The van der Waals surface area contributed by atoms with Crippen molar-refractivity contribution in [2.75, 3.05) is 23.3 Å². The van der Waals surface area contributed by atoms with E-state index in [1.807, 2.05) is 12.1 Å². The van der Waals surface area contributed by atoms with Crippen molar-refractivity contribution in [3.63, 3.8) is 0 Å². The Hall–Kier alpha value is -2.12. The molecule has 0 bridgehead atoms. The van der Waals surface area contributed by atoms with Crippen LogP contribution in [0.5, 0.6) is 0 Å². The minimum Gasteiger partial charge on any atom is -0.371 e. The predicted molar refractivity (Wildman–Crippen MR) is 95.4 cm³/mol. The molecule has 1 aromatic carbocycles. The van der Waals surface area contributed by atoms with Crippen molar-refractivity contribution in [2.45, 2.75) is 30.7 Å². The number of primary sulfonamides is 1. The second kappa shape index (κ2) is 7.19. The SMILES string of the molecule is NS(=O)(=O)c1cccnc1NCc1ccccc1N1CCCCC1. The van der Waals surface area contributed by atoms with Crippen LogP contribution in [-0.4, -0.2) is 26.5 Å². The standard InChI is InChI=1S/C17H22N4O2S/c18-24(22,23)16-9-6-10-19-17(16)20-13-14-7-2-3-8-15(14)21-11-4-1-5-12-21/h2-3,6-10H,1,4-5,11-13H2,(H,19,20)(H2,18,22,23). The summed E-state index contributed by atoms with van der Waals surface area (Å²) in [4.78, 5) is 6.52. The molecule has 2 heterocycles. The smallest absolute Gasteiger partial charge is 0.241 e. The van der Waals surface area contributed by atoms with E-state index in [1.54, 1.807) is 12.3 Å². The molecule has 0 unspecified atom stereocenters. The molecule has 0 radical (unpaired) electrons. The van der Waals surface area contributed by atoms with Crippen molar-refractivity contribution < 1.29 is 8.42 Å². The van der Waals surface area contributed by atoms with Crippen LogP contribution in [0.25, 0.3) is 0 Å². The summed E-state index contributed by atoms with van der Waals surface area (Å²) in [6, 6.07) is 11.2. The Labute approximate surface area is 142 Å². The number of nitrogens with one attached hydrogen (secondary N) is 1. The van der Waals surface area contributed by atoms with Gasteiger partial charge in [-0.05, 0) is 43.0 Å². The highest BCUT2D eigenvalue weighted by Crippen LogP contribution is 2.25. The van der Waals surface area contributed by atoms with E-state index in [0.29, 0.717) is 6.54 Å². The third-order valence-electron chi connectivity index (χ3n) is 4.21. The average molecular weight is 346 g/mol. The first-order chi connectivity index (χ1) is 11.6. The van der Waals surface area contributed by atoms with Crippen molar-refractivity contribution in [2.24, 2.45) is 5.14 Å². The first kappa shape index (κ1) is 16.7. The van der Waals surface area contributed by atoms with Gasteiger partial charge in [0.2, 0.25) is 10.0 Å². The minimum atomic E-state index is -3.80. The number of piperidine rings is 1. The zero-order chi connectivity index (χ0) is 17.0. The summed E-state index contributed by atoms with van der Waals surface area (Å²) in [7, 11) is -3.80. The molecule has 1 aliphatic heterocycles. The van der Waals surface area contributed by atoms with Gasteiger partial charge >= 0.3 is 0 Å². The van der Waals surface area contributed by atoms with Crippen molar-refractivity contribution in [3.8, 4) is 0 Å². The Balaban J connectivity index is 1.81. The van der Waals surface area contributed by atoms with E-state index >= 15 is 0 Å². The molecular weight excluding hydrogens is 324 g/mol. The Bertz CT molecular complexity index is 802. The molecule has 2 aromatic rings. The van der Waals surface area contributed by atoms with Crippen LogP contribution in [0.3, 0.4) is 0 Å². The zero-order valence-corrected chi connectivity index (χ0v) is 14.3. The van der Waals surface area contributed by atoms with E-state index in [2.05, 4.69) is 27.3 Å². The number of nitrogens with two attached hydrogens (primary N) is 1. The fourth-order valence-electron chi connectivity index (χ4n) is 3.04. The molecule has 1 saturated heterocycles. The molecule has 1 aliphatic rings. The van der Waals surface area contributed by atoms with Gasteiger partial charge < -0.3 is 10.2 Å². The van der Waals surface area contributed by atoms with Gasteiger partial charge in [-0.2, -0.15) is 0 Å². The van der Waals surface area contributed by atoms with Crippen LogP contribution in [0.2, 0.25) is 0 Å². The number of hydrogen-bond acceptors (Lipinski definition) is 5. The zero-order valence-electron chi connectivity index (χ0n) is 13.5. The Kier molecular flexibility index (Phi) is 5.01. The van der Waals surface area contributed by atoms with Crippen molar-refractivity contribution in [1.82, 2.24) is 4.98 Å². The Morgan fingerprint density at radius 2 is 1.83 bits per heavy atom. The Morgan fingerprint density at radius 3 is 2.58 bits per heavy atom. The predicted octanol–water partition coefficient (Wildman–Crippen LogP) is 2.33. The number of benzene rings is 1. The van der Waals surface area contributed by atoms with Gasteiger partial charge in [-0.15, -0.1) is 0 Å². The fourth-order valence-corrected chi connectivity index (χ4v) is 3.70. The molecule has 0 spiro atoms. The van der Waals surface area contributed by atoms with E-state index in [-0.39, 0.29) is 10.7 Å². The van der Waals surface area contributed by atoms with Crippen LogP contribution in [-0.2, 0) is 16.6 Å². The van der Waals surface area contributed by atoms with Gasteiger partial charge in [0.1, 0.15) is 10.7 Å². The quantitative estimate of drug-likeness (QED) is 0.867. The van der Waals surface area contributed by atoms with Gasteiger partial charge in [-0.3, -0.25) is 0 Å². The van der Waals surface area contributed by atoms with Gasteiger partial charge in [0.25, 0.3) is 0 Å². The van der Waals surface area contributed by atoms with Crippen molar-refractivity contribution in [3.05, 3.63) is 48.2 Å². The largest absolute Gasteiger partial charge is 0.371 e. The maximum atomic E-state index is 11.7. The second-order valence-corrected chi connectivity index (χ2v) is 7.45. The maximum absolute atomic E-state index is 11.7. The van der Waals surface area contributed by atoms with Gasteiger partial charge in [-0.1, -0.05) is 18.2 Å². The molecule has 24 heavy (non-hydrogen) atoms. The van der Waals surface area contributed by atoms with Crippen LogP contribution in [0.1, 0.15) is 24.8 Å². The van der Waals surface area contributed by atoms with Gasteiger partial charge in [0.05, 0.1) is 0 Å². The summed E-state index contributed by atoms with van der Waals surface area (Å²) in [6.45, 7) is 2.61. The normalized spacial score (nSPS) is 15.3. The molecule has 128 valence electrons. The van der Waals surface area contributed by atoms with E-state index in [9.17, 15) is 8.42 Å². The molecule has 3 rings (SSSR count). The monoisotopic (exact) mass is 346 g/mol. The molecule has 0 amide bonds. The highest BCUT2D eigenvalue weighted by Gasteiger charge is 2.16. The van der Waals surface area contributed by atoms with Gasteiger partial charge in [-0.25, -0.2) is 18.5 Å². The lowest BCUT2D eigenvalue weighted by Crippen LogP contribution is -2.30. The third kappa shape index (κ3) is 3.85. The minimum absolute atomic E-state index is 0.0143. The van der Waals surface area contributed by atoms with Gasteiger partial charge in [0.15, 0.2) is 0 Å². The summed E-state index contributed by atoms with van der Waals surface area (Å²) in [5.41, 5.74) is 2.31. The average Bonchev–Trinajstić information content (AvgIpc) is 2.60. The molecule has 7 heteroatoms. The first-order valence-electron chi connectivity index (χ1n) is 8.10. The second-order valence-electron chi connectivity index (χ2n) is 5.93. The van der Waals surface area contributed by atoms with E-state index in [0.717, 1.165) is 18.7 Å². The lowest BCUT2D eigenvalue weighted by molar-refractivity contribution is 0.576. The number of aromatic nitrogens is 1. The summed E-state index contributed by atoms with van der Waals surface area (Å²) < 4.78 is 23.3. The molecule has 0 atom stereocenters. The summed E-state index contributed by atoms with van der Waals surface area (Å²) in [6.07, 6.45) is 5.24. The number of pyridine rings is 1. The summed E-state index contributed by atoms with van der Waals surface area (Å²) in [5.74, 6) is 0.286. The van der Waals surface area contributed by atoms with Crippen molar-refractivity contribution in [1.29, 1.82) is 0 Å². The van der Waals surface area contributed by atoms with Crippen LogP contribution in [0, 0.1) is 0 Å². The lowest BCUT2D eigenvalue weighted by atomic mass is 10.1. The number of para-hydroxylation sites is 1. The number of anilines is 2. The lowest BCUT2D eigenvalue weighted by Gasteiger charge is -2.30.